The minimum atomic E-state index is 0.477. The van der Waals surface area contributed by atoms with Crippen LogP contribution in [0.25, 0.3) is 0 Å². The Morgan fingerprint density at radius 1 is 1.25 bits per heavy atom. The molecule has 3 nitrogen and oxygen atoms in total. The number of para-hydroxylation sites is 1. The van der Waals surface area contributed by atoms with Crippen molar-refractivity contribution < 1.29 is 4.74 Å². The van der Waals surface area contributed by atoms with Crippen molar-refractivity contribution in [1.29, 1.82) is 0 Å². The fourth-order valence-corrected chi connectivity index (χ4v) is 2.83. The molecule has 112 valence electrons. The SMILES string of the molecule is CCN(CCCOC1CCNCC1)c1ccccc1C. The van der Waals surface area contributed by atoms with E-state index in [1.807, 2.05) is 0 Å². The molecule has 20 heavy (non-hydrogen) atoms. The van der Waals surface area contributed by atoms with Crippen LogP contribution < -0.4 is 10.2 Å². The van der Waals surface area contributed by atoms with E-state index in [9.17, 15) is 0 Å². The summed E-state index contributed by atoms with van der Waals surface area (Å²) in [7, 11) is 0. The first kappa shape index (κ1) is 15.3. The zero-order valence-corrected chi connectivity index (χ0v) is 12.9. The van der Waals surface area contributed by atoms with Gasteiger partial charge in [-0.1, -0.05) is 18.2 Å². The summed E-state index contributed by atoms with van der Waals surface area (Å²) < 4.78 is 5.98. The van der Waals surface area contributed by atoms with Gasteiger partial charge in [-0.3, -0.25) is 0 Å². The molecule has 1 aromatic carbocycles. The Morgan fingerprint density at radius 2 is 2.00 bits per heavy atom. The van der Waals surface area contributed by atoms with Crippen LogP contribution in [-0.2, 0) is 4.74 Å². The Kier molecular flexibility index (Phi) is 6.34. The van der Waals surface area contributed by atoms with E-state index < -0.39 is 0 Å². The lowest BCUT2D eigenvalue weighted by Crippen LogP contribution is -2.33. The van der Waals surface area contributed by atoms with Crippen LogP contribution in [0.4, 0.5) is 5.69 Å². The van der Waals surface area contributed by atoms with Crippen molar-refractivity contribution in [3.63, 3.8) is 0 Å². The average Bonchev–Trinajstić information content (AvgIpc) is 2.50. The number of aryl methyl sites for hydroxylation is 1. The second-order valence-electron chi connectivity index (χ2n) is 5.54. The van der Waals surface area contributed by atoms with Gasteiger partial charge in [-0.15, -0.1) is 0 Å². The van der Waals surface area contributed by atoms with Gasteiger partial charge in [-0.25, -0.2) is 0 Å². The van der Waals surface area contributed by atoms with Crippen LogP contribution in [0, 0.1) is 6.92 Å². The molecule has 0 unspecified atom stereocenters. The Hall–Kier alpha value is -1.06. The molecule has 0 atom stereocenters. The van der Waals surface area contributed by atoms with Gasteiger partial charge >= 0.3 is 0 Å². The van der Waals surface area contributed by atoms with E-state index in [1.165, 1.54) is 11.3 Å². The standard InChI is InChI=1S/C17H28N2O/c1-3-19(17-8-5-4-7-15(17)2)13-6-14-20-16-9-11-18-12-10-16/h4-5,7-8,16,18H,3,6,9-14H2,1-2H3. The number of piperidine rings is 1. The number of nitrogens with zero attached hydrogens (tertiary/aromatic N) is 1. The van der Waals surface area contributed by atoms with Gasteiger partial charge in [0.2, 0.25) is 0 Å². The number of hydrogen-bond donors (Lipinski definition) is 1. The summed E-state index contributed by atoms with van der Waals surface area (Å²) in [5, 5.41) is 3.37. The van der Waals surface area contributed by atoms with Crippen LogP contribution in [0.15, 0.2) is 24.3 Å². The van der Waals surface area contributed by atoms with Crippen LogP contribution in [0.2, 0.25) is 0 Å². The maximum Gasteiger partial charge on any atom is 0.0599 e. The van der Waals surface area contributed by atoms with E-state index in [4.69, 9.17) is 4.74 Å². The molecule has 0 bridgehead atoms. The van der Waals surface area contributed by atoms with Crippen LogP contribution in [-0.4, -0.2) is 38.9 Å². The van der Waals surface area contributed by atoms with E-state index >= 15 is 0 Å². The predicted molar refractivity (Wildman–Crippen MR) is 85.5 cm³/mol. The first-order valence-corrected chi connectivity index (χ1v) is 7.94. The van der Waals surface area contributed by atoms with Crippen LogP contribution in [0.5, 0.6) is 0 Å². The molecule has 1 N–H and O–H groups in total. The highest BCUT2D eigenvalue weighted by molar-refractivity contribution is 5.52. The van der Waals surface area contributed by atoms with Gasteiger partial charge in [0.15, 0.2) is 0 Å². The second kappa shape index (κ2) is 8.28. The van der Waals surface area contributed by atoms with E-state index in [2.05, 4.69) is 48.3 Å². The maximum absolute atomic E-state index is 5.98. The summed E-state index contributed by atoms with van der Waals surface area (Å²) in [6, 6.07) is 8.62. The second-order valence-corrected chi connectivity index (χ2v) is 5.54. The van der Waals surface area contributed by atoms with E-state index in [1.54, 1.807) is 0 Å². The Labute approximate surface area is 123 Å². The zero-order chi connectivity index (χ0) is 14.2. The highest BCUT2D eigenvalue weighted by atomic mass is 16.5. The van der Waals surface area contributed by atoms with Gasteiger partial charge in [0.05, 0.1) is 6.10 Å². The van der Waals surface area contributed by atoms with Crippen LogP contribution in [0.1, 0.15) is 31.7 Å². The smallest absolute Gasteiger partial charge is 0.0599 e. The van der Waals surface area contributed by atoms with Gasteiger partial charge in [0.25, 0.3) is 0 Å². The van der Waals surface area contributed by atoms with Gasteiger partial charge in [0.1, 0.15) is 0 Å². The highest BCUT2D eigenvalue weighted by Gasteiger charge is 2.13. The fraction of sp³-hybridized carbons (Fsp3) is 0.647. The van der Waals surface area contributed by atoms with Gasteiger partial charge in [-0.2, -0.15) is 0 Å². The molecule has 2 rings (SSSR count). The lowest BCUT2D eigenvalue weighted by molar-refractivity contribution is 0.0324. The first-order chi connectivity index (χ1) is 9.81. The Bertz CT molecular complexity index is 388. The minimum Gasteiger partial charge on any atom is -0.378 e. The summed E-state index contributed by atoms with van der Waals surface area (Å²) >= 11 is 0. The van der Waals surface area contributed by atoms with Gasteiger partial charge in [-0.05, 0) is 57.8 Å². The van der Waals surface area contributed by atoms with Crippen molar-refractivity contribution in [3.8, 4) is 0 Å². The number of hydrogen-bond acceptors (Lipinski definition) is 3. The zero-order valence-electron chi connectivity index (χ0n) is 12.9. The Morgan fingerprint density at radius 3 is 2.70 bits per heavy atom. The molecule has 0 aromatic heterocycles. The number of benzene rings is 1. The summed E-state index contributed by atoms with van der Waals surface area (Å²) in [6.45, 7) is 9.63. The van der Waals surface area contributed by atoms with Crippen molar-refractivity contribution in [2.45, 2.75) is 39.2 Å². The molecule has 0 aliphatic carbocycles. The molecule has 1 heterocycles. The third kappa shape index (κ3) is 4.50. The average molecular weight is 276 g/mol. The molecular formula is C17H28N2O. The number of ether oxygens (including phenoxy) is 1. The third-order valence-corrected chi connectivity index (χ3v) is 4.05. The third-order valence-electron chi connectivity index (χ3n) is 4.05. The van der Waals surface area contributed by atoms with Crippen LogP contribution >= 0.6 is 0 Å². The molecule has 1 fully saturated rings. The minimum absolute atomic E-state index is 0.477. The molecule has 0 radical (unpaired) electrons. The molecule has 0 saturated carbocycles. The van der Waals surface area contributed by atoms with Crippen molar-refractivity contribution in [2.75, 3.05) is 37.7 Å². The normalized spacial score (nSPS) is 16.3. The van der Waals surface area contributed by atoms with Crippen molar-refractivity contribution in [2.24, 2.45) is 0 Å². The largest absolute Gasteiger partial charge is 0.378 e. The molecule has 1 aliphatic rings. The van der Waals surface area contributed by atoms with Crippen molar-refractivity contribution in [1.82, 2.24) is 5.32 Å². The predicted octanol–water partition coefficient (Wildman–Crippen LogP) is 2.98. The molecule has 1 aromatic rings. The Balaban J connectivity index is 1.72. The summed E-state index contributed by atoms with van der Waals surface area (Å²) in [4.78, 5) is 2.45. The lowest BCUT2D eigenvalue weighted by Gasteiger charge is -2.26. The first-order valence-electron chi connectivity index (χ1n) is 7.94. The molecule has 1 aliphatic heterocycles. The summed E-state index contributed by atoms with van der Waals surface area (Å²) in [5.41, 5.74) is 2.71. The van der Waals surface area contributed by atoms with Gasteiger partial charge in [0, 0.05) is 25.4 Å². The van der Waals surface area contributed by atoms with Crippen LogP contribution in [0.3, 0.4) is 0 Å². The molecule has 3 heteroatoms. The summed E-state index contributed by atoms with van der Waals surface area (Å²) in [5.74, 6) is 0. The summed E-state index contributed by atoms with van der Waals surface area (Å²) in [6.07, 6.45) is 3.90. The number of anilines is 1. The topological polar surface area (TPSA) is 24.5 Å². The monoisotopic (exact) mass is 276 g/mol. The van der Waals surface area contributed by atoms with Crippen molar-refractivity contribution >= 4 is 5.69 Å². The quantitative estimate of drug-likeness (QED) is 0.775. The fourth-order valence-electron chi connectivity index (χ4n) is 2.83. The van der Waals surface area contributed by atoms with Gasteiger partial charge < -0.3 is 15.0 Å². The van der Waals surface area contributed by atoms with Crippen molar-refractivity contribution in [3.05, 3.63) is 29.8 Å². The number of rotatable bonds is 7. The lowest BCUT2D eigenvalue weighted by atomic mass is 10.1. The van der Waals surface area contributed by atoms with E-state index in [0.29, 0.717) is 6.10 Å². The maximum atomic E-state index is 5.98. The molecular weight excluding hydrogens is 248 g/mol. The molecule has 0 amide bonds. The van der Waals surface area contributed by atoms with E-state index in [-0.39, 0.29) is 0 Å². The number of nitrogens with one attached hydrogen (secondary N) is 1. The molecule has 1 saturated heterocycles. The highest BCUT2D eigenvalue weighted by Crippen LogP contribution is 2.19. The van der Waals surface area contributed by atoms with E-state index in [0.717, 1.165) is 52.0 Å². The molecule has 0 spiro atoms.